The van der Waals surface area contributed by atoms with Gasteiger partial charge in [0.1, 0.15) is 0 Å². The molecular formula is C18H28N3O4+. The lowest BCUT2D eigenvalue weighted by Crippen LogP contribution is -3.14. The smallest absolute Gasteiger partial charge is 0.340 e. The van der Waals surface area contributed by atoms with E-state index in [9.17, 15) is 14.4 Å². The first-order chi connectivity index (χ1) is 11.9. The third kappa shape index (κ3) is 7.34. The fourth-order valence-corrected chi connectivity index (χ4v) is 2.31. The van der Waals surface area contributed by atoms with Gasteiger partial charge in [0.15, 0.2) is 13.1 Å². The first-order valence-electron chi connectivity index (χ1n) is 8.56. The maximum absolute atomic E-state index is 12.3. The molecule has 1 atom stereocenters. The van der Waals surface area contributed by atoms with Crippen molar-refractivity contribution in [2.45, 2.75) is 33.7 Å². The van der Waals surface area contributed by atoms with Crippen molar-refractivity contribution < 1.29 is 24.0 Å². The molecular weight excluding hydrogens is 322 g/mol. The van der Waals surface area contributed by atoms with Gasteiger partial charge in [-0.3, -0.25) is 9.59 Å². The lowest BCUT2D eigenvalue weighted by molar-refractivity contribution is -0.881. The summed E-state index contributed by atoms with van der Waals surface area (Å²) in [6.07, 6.45) is 0. The Balaban J connectivity index is 2.69. The molecule has 0 aromatic heterocycles. The van der Waals surface area contributed by atoms with Crippen molar-refractivity contribution in [3.63, 3.8) is 0 Å². The monoisotopic (exact) mass is 350 g/mol. The zero-order valence-electron chi connectivity index (χ0n) is 15.3. The lowest BCUT2D eigenvalue weighted by Gasteiger charge is -2.18. The molecule has 0 aliphatic heterocycles. The van der Waals surface area contributed by atoms with Crippen molar-refractivity contribution in [2.75, 3.05) is 31.6 Å². The second-order valence-electron chi connectivity index (χ2n) is 5.99. The summed E-state index contributed by atoms with van der Waals surface area (Å²) in [5.41, 5.74) is 0.723. The fourth-order valence-electron chi connectivity index (χ4n) is 2.31. The fraction of sp³-hybridized carbons (Fsp3) is 0.500. The third-order valence-corrected chi connectivity index (χ3v) is 3.47. The standard InChI is InChI=1S/C18H27N3O4/c1-5-21(11-16(22)19-13(3)4)12-17(23)20-15-10-8-7-9-14(15)18(24)25-6-2/h7-10,13H,5-6,11-12H2,1-4H3,(H,19,22)(H,20,23)/p+1. The molecule has 7 heteroatoms. The maximum atomic E-state index is 12.3. The Morgan fingerprint density at radius 3 is 2.32 bits per heavy atom. The van der Waals surface area contributed by atoms with Crippen LogP contribution in [0.25, 0.3) is 0 Å². The average molecular weight is 350 g/mol. The highest BCUT2D eigenvalue weighted by Crippen LogP contribution is 2.15. The van der Waals surface area contributed by atoms with Crippen LogP contribution in [0.1, 0.15) is 38.1 Å². The van der Waals surface area contributed by atoms with Crippen molar-refractivity contribution in [1.29, 1.82) is 0 Å². The second kappa shape index (κ2) is 10.5. The number of para-hydroxylation sites is 1. The highest BCUT2D eigenvalue weighted by Gasteiger charge is 2.19. The molecule has 7 nitrogen and oxygen atoms in total. The van der Waals surface area contributed by atoms with E-state index in [1.807, 2.05) is 20.8 Å². The number of esters is 1. The Labute approximate surface area is 148 Å². The van der Waals surface area contributed by atoms with Crippen LogP contribution in [-0.4, -0.2) is 50.1 Å². The third-order valence-electron chi connectivity index (χ3n) is 3.47. The van der Waals surface area contributed by atoms with Crippen LogP contribution in [-0.2, 0) is 14.3 Å². The molecule has 2 amide bonds. The largest absolute Gasteiger partial charge is 0.462 e. The topological polar surface area (TPSA) is 88.9 Å². The van der Waals surface area contributed by atoms with Gasteiger partial charge in [0.05, 0.1) is 24.4 Å². The summed E-state index contributed by atoms with van der Waals surface area (Å²) in [4.78, 5) is 36.9. The lowest BCUT2D eigenvalue weighted by atomic mass is 10.2. The van der Waals surface area contributed by atoms with Gasteiger partial charge >= 0.3 is 5.97 Å². The van der Waals surface area contributed by atoms with E-state index in [1.54, 1.807) is 31.2 Å². The van der Waals surface area contributed by atoms with E-state index in [2.05, 4.69) is 10.6 Å². The Bertz CT molecular complexity index is 602. The molecule has 0 radical (unpaired) electrons. The number of likely N-dealkylation sites (N-methyl/N-ethyl adjacent to an activating group) is 1. The Hall–Kier alpha value is -2.41. The summed E-state index contributed by atoms with van der Waals surface area (Å²) in [6, 6.07) is 6.77. The summed E-state index contributed by atoms with van der Waals surface area (Å²) in [5, 5.41) is 5.55. The van der Waals surface area contributed by atoms with Crippen LogP contribution in [0.5, 0.6) is 0 Å². The predicted octanol–water partition coefficient (Wildman–Crippen LogP) is 0.231. The van der Waals surface area contributed by atoms with Gasteiger partial charge in [-0.2, -0.15) is 0 Å². The molecule has 1 unspecified atom stereocenters. The Morgan fingerprint density at radius 1 is 1.08 bits per heavy atom. The van der Waals surface area contributed by atoms with Gasteiger partial charge in [0.25, 0.3) is 11.8 Å². The van der Waals surface area contributed by atoms with E-state index in [0.717, 1.165) is 4.90 Å². The predicted molar refractivity (Wildman–Crippen MR) is 95.5 cm³/mol. The van der Waals surface area contributed by atoms with E-state index in [-0.39, 0.29) is 37.6 Å². The number of carbonyl (C=O) groups is 3. The van der Waals surface area contributed by atoms with Gasteiger partial charge in [-0.05, 0) is 39.8 Å². The van der Waals surface area contributed by atoms with E-state index in [4.69, 9.17) is 4.74 Å². The van der Waals surface area contributed by atoms with Crippen LogP contribution in [0.3, 0.4) is 0 Å². The van der Waals surface area contributed by atoms with Crippen molar-refractivity contribution >= 4 is 23.5 Å². The molecule has 0 spiro atoms. The quantitative estimate of drug-likeness (QED) is 0.556. The van der Waals surface area contributed by atoms with Gasteiger partial charge in [0.2, 0.25) is 0 Å². The van der Waals surface area contributed by atoms with Crippen LogP contribution in [0.2, 0.25) is 0 Å². The summed E-state index contributed by atoms with van der Waals surface area (Å²) in [7, 11) is 0. The van der Waals surface area contributed by atoms with Crippen molar-refractivity contribution in [1.82, 2.24) is 5.32 Å². The number of nitrogens with one attached hydrogen (secondary N) is 3. The number of rotatable bonds is 9. The summed E-state index contributed by atoms with van der Waals surface area (Å²) >= 11 is 0. The Kier molecular flexibility index (Phi) is 8.63. The Morgan fingerprint density at radius 2 is 1.72 bits per heavy atom. The first kappa shape index (κ1) is 20.6. The molecule has 0 bridgehead atoms. The van der Waals surface area contributed by atoms with Crippen molar-refractivity contribution in [3.05, 3.63) is 29.8 Å². The van der Waals surface area contributed by atoms with Gasteiger partial charge in [0, 0.05) is 6.04 Å². The molecule has 0 aliphatic rings. The highest BCUT2D eigenvalue weighted by atomic mass is 16.5. The summed E-state index contributed by atoms with van der Waals surface area (Å²) < 4.78 is 4.99. The number of ether oxygens (including phenoxy) is 1. The van der Waals surface area contributed by atoms with Crippen LogP contribution in [0, 0.1) is 0 Å². The van der Waals surface area contributed by atoms with Gasteiger partial charge in [-0.25, -0.2) is 4.79 Å². The van der Waals surface area contributed by atoms with Crippen LogP contribution < -0.4 is 15.5 Å². The summed E-state index contributed by atoms with van der Waals surface area (Å²) in [5.74, 6) is -0.827. The first-order valence-corrected chi connectivity index (χ1v) is 8.56. The van der Waals surface area contributed by atoms with Gasteiger partial charge in [-0.15, -0.1) is 0 Å². The molecule has 0 aliphatic carbocycles. The number of carbonyl (C=O) groups excluding carboxylic acids is 3. The highest BCUT2D eigenvalue weighted by molar-refractivity contribution is 6.01. The molecule has 1 aromatic rings. The number of anilines is 1. The van der Waals surface area contributed by atoms with Gasteiger partial charge < -0.3 is 20.3 Å². The second-order valence-corrected chi connectivity index (χ2v) is 5.99. The molecule has 3 N–H and O–H groups in total. The minimum atomic E-state index is -0.477. The number of benzene rings is 1. The molecule has 138 valence electrons. The zero-order chi connectivity index (χ0) is 18.8. The summed E-state index contributed by atoms with van der Waals surface area (Å²) in [6.45, 7) is 8.69. The van der Waals surface area contributed by atoms with Crippen LogP contribution >= 0.6 is 0 Å². The minimum absolute atomic E-state index is 0.0656. The molecule has 0 heterocycles. The number of amides is 2. The average Bonchev–Trinajstić information content (AvgIpc) is 2.54. The minimum Gasteiger partial charge on any atom is -0.462 e. The molecule has 1 rings (SSSR count). The van der Waals surface area contributed by atoms with Crippen LogP contribution in [0.15, 0.2) is 24.3 Å². The maximum Gasteiger partial charge on any atom is 0.340 e. The number of hydrogen-bond donors (Lipinski definition) is 3. The van der Waals surface area contributed by atoms with E-state index >= 15 is 0 Å². The molecule has 25 heavy (non-hydrogen) atoms. The molecule has 0 saturated heterocycles. The molecule has 0 fully saturated rings. The number of quaternary nitrogens is 1. The van der Waals surface area contributed by atoms with Crippen molar-refractivity contribution in [2.24, 2.45) is 0 Å². The normalized spacial score (nSPS) is 11.7. The zero-order valence-corrected chi connectivity index (χ0v) is 15.3. The van der Waals surface area contributed by atoms with Crippen LogP contribution in [0.4, 0.5) is 5.69 Å². The molecule has 1 aromatic carbocycles. The SMILES string of the molecule is CCOC(=O)c1ccccc1NC(=O)C[NH+](CC)CC(=O)NC(C)C. The van der Waals surface area contributed by atoms with E-state index in [0.29, 0.717) is 17.8 Å². The molecule has 0 saturated carbocycles. The van der Waals surface area contributed by atoms with Gasteiger partial charge in [-0.1, -0.05) is 12.1 Å². The number of hydrogen-bond acceptors (Lipinski definition) is 4. The van der Waals surface area contributed by atoms with E-state index < -0.39 is 5.97 Å². The van der Waals surface area contributed by atoms with E-state index in [1.165, 1.54) is 0 Å². The van der Waals surface area contributed by atoms with Crippen molar-refractivity contribution in [3.8, 4) is 0 Å².